The van der Waals surface area contributed by atoms with E-state index in [-0.39, 0.29) is 5.91 Å². The smallest absolute Gasteiger partial charge is 0.218 e. The highest BCUT2D eigenvalue weighted by Crippen LogP contribution is 2.34. The largest absolute Gasteiger partial charge is 0.370 e. The van der Waals surface area contributed by atoms with Crippen LogP contribution in [-0.2, 0) is 4.79 Å². The van der Waals surface area contributed by atoms with Gasteiger partial charge in [0.25, 0.3) is 0 Å². The highest BCUT2D eigenvalue weighted by Gasteiger charge is 2.33. The molecule has 0 saturated heterocycles. The molecular formula is C10H18N2O. The van der Waals surface area contributed by atoms with Crippen LogP contribution in [0.4, 0.5) is 0 Å². The van der Waals surface area contributed by atoms with Gasteiger partial charge < -0.3 is 5.73 Å². The summed E-state index contributed by atoms with van der Waals surface area (Å²) in [5, 5.41) is 0. The minimum atomic E-state index is -0.165. The Labute approximate surface area is 79.3 Å². The molecule has 0 heterocycles. The van der Waals surface area contributed by atoms with Gasteiger partial charge in [-0.3, -0.25) is 9.69 Å². The molecule has 2 aliphatic rings. The van der Waals surface area contributed by atoms with Crippen LogP contribution in [-0.4, -0.2) is 29.9 Å². The Morgan fingerprint density at radius 2 is 2.00 bits per heavy atom. The van der Waals surface area contributed by atoms with Gasteiger partial charge in [0, 0.05) is 25.6 Å². The van der Waals surface area contributed by atoms with Gasteiger partial charge in [0.1, 0.15) is 0 Å². The topological polar surface area (TPSA) is 46.3 Å². The van der Waals surface area contributed by atoms with Crippen LogP contribution in [0.1, 0.15) is 32.1 Å². The van der Waals surface area contributed by atoms with Gasteiger partial charge >= 0.3 is 0 Å². The lowest BCUT2D eigenvalue weighted by molar-refractivity contribution is -0.118. The van der Waals surface area contributed by atoms with Crippen LogP contribution in [0.2, 0.25) is 0 Å². The number of nitrogens with zero attached hydrogens (tertiary/aromatic N) is 1. The lowest BCUT2D eigenvalue weighted by atomic mass is 10.3. The van der Waals surface area contributed by atoms with E-state index in [0.29, 0.717) is 6.42 Å². The average molecular weight is 182 g/mol. The van der Waals surface area contributed by atoms with E-state index >= 15 is 0 Å². The first-order valence-electron chi connectivity index (χ1n) is 5.28. The monoisotopic (exact) mass is 182 g/mol. The quantitative estimate of drug-likeness (QED) is 0.658. The summed E-state index contributed by atoms with van der Waals surface area (Å²) in [5.41, 5.74) is 5.14. The van der Waals surface area contributed by atoms with Gasteiger partial charge in [-0.1, -0.05) is 0 Å². The normalized spacial score (nSPS) is 22.2. The van der Waals surface area contributed by atoms with Crippen molar-refractivity contribution in [1.29, 1.82) is 0 Å². The predicted molar refractivity (Wildman–Crippen MR) is 51.1 cm³/mol. The number of hydrogen-bond acceptors (Lipinski definition) is 2. The summed E-state index contributed by atoms with van der Waals surface area (Å²) in [4.78, 5) is 13.1. The number of nitrogens with two attached hydrogens (primary N) is 1. The lowest BCUT2D eigenvalue weighted by Crippen LogP contribution is -2.31. The van der Waals surface area contributed by atoms with E-state index in [0.717, 1.165) is 18.5 Å². The molecule has 0 spiro atoms. The van der Waals surface area contributed by atoms with E-state index in [1.165, 1.54) is 32.2 Å². The Morgan fingerprint density at radius 1 is 1.31 bits per heavy atom. The van der Waals surface area contributed by atoms with Crippen LogP contribution in [0.25, 0.3) is 0 Å². The maximum atomic E-state index is 10.6. The van der Waals surface area contributed by atoms with Crippen LogP contribution in [0, 0.1) is 5.92 Å². The Balaban J connectivity index is 1.71. The molecule has 0 bridgehead atoms. The number of primary amides is 1. The van der Waals surface area contributed by atoms with Crippen molar-refractivity contribution in [1.82, 2.24) is 4.90 Å². The molecule has 13 heavy (non-hydrogen) atoms. The van der Waals surface area contributed by atoms with Crippen LogP contribution in [0.3, 0.4) is 0 Å². The molecule has 1 amide bonds. The zero-order valence-electron chi connectivity index (χ0n) is 8.04. The van der Waals surface area contributed by atoms with Crippen molar-refractivity contribution in [2.24, 2.45) is 11.7 Å². The van der Waals surface area contributed by atoms with Gasteiger partial charge in [0.05, 0.1) is 0 Å². The third kappa shape index (κ3) is 2.99. The third-order valence-corrected chi connectivity index (χ3v) is 2.90. The van der Waals surface area contributed by atoms with Gasteiger partial charge in [-0.15, -0.1) is 0 Å². The summed E-state index contributed by atoms with van der Waals surface area (Å²) in [6.45, 7) is 2.09. The van der Waals surface area contributed by atoms with E-state index in [1.807, 2.05) is 0 Å². The molecule has 3 heteroatoms. The van der Waals surface area contributed by atoms with Crippen molar-refractivity contribution in [3.63, 3.8) is 0 Å². The standard InChI is InChI=1S/C10H18N2O/c11-10(13)5-6-12(9-3-4-9)7-8-1-2-8/h8-9H,1-7H2,(H2,11,13). The molecule has 0 unspecified atom stereocenters. The molecule has 74 valence electrons. The molecule has 2 saturated carbocycles. The molecule has 2 fully saturated rings. The molecule has 0 aromatic carbocycles. The van der Waals surface area contributed by atoms with E-state index in [4.69, 9.17) is 5.73 Å². The number of carbonyl (C=O) groups excluding carboxylic acids is 1. The predicted octanol–water partition coefficient (Wildman–Crippen LogP) is 0.736. The second-order valence-corrected chi connectivity index (χ2v) is 4.39. The molecule has 2 rings (SSSR count). The minimum Gasteiger partial charge on any atom is -0.370 e. The maximum Gasteiger partial charge on any atom is 0.218 e. The lowest BCUT2D eigenvalue weighted by Gasteiger charge is -2.20. The Hall–Kier alpha value is -0.570. The van der Waals surface area contributed by atoms with Gasteiger partial charge in [-0.2, -0.15) is 0 Å². The SMILES string of the molecule is NC(=O)CCN(CC1CC1)C1CC1. The summed E-state index contributed by atoms with van der Waals surface area (Å²) in [5.74, 6) is 0.759. The molecule has 0 aliphatic heterocycles. The molecule has 2 N–H and O–H groups in total. The van der Waals surface area contributed by atoms with Crippen molar-refractivity contribution < 1.29 is 4.79 Å². The van der Waals surface area contributed by atoms with Crippen LogP contribution in [0.5, 0.6) is 0 Å². The van der Waals surface area contributed by atoms with Gasteiger partial charge in [0.15, 0.2) is 0 Å². The second-order valence-electron chi connectivity index (χ2n) is 4.39. The Morgan fingerprint density at radius 3 is 2.46 bits per heavy atom. The van der Waals surface area contributed by atoms with Gasteiger partial charge in [0.2, 0.25) is 5.91 Å². The van der Waals surface area contributed by atoms with Crippen molar-refractivity contribution in [3.05, 3.63) is 0 Å². The van der Waals surface area contributed by atoms with E-state index in [2.05, 4.69) is 4.90 Å². The van der Waals surface area contributed by atoms with Crippen LogP contribution >= 0.6 is 0 Å². The summed E-state index contributed by atoms with van der Waals surface area (Å²) in [7, 11) is 0. The Kier molecular flexibility index (Phi) is 2.54. The van der Waals surface area contributed by atoms with E-state index in [1.54, 1.807) is 0 Å². The fourth-order valence-electron chi connectivity index (χ4n) is 1.75. The third-order valence-electron chi connectivity index (χ3n) is 2.90. The second kappa shape index (κ2) is 3.66. The van der Waals surface area contributed by atoms with Crippen molar-refractivity contribution in [3.8, 4) is 0 Å². The first-order valence-corrected chi connectivity index (χ1v) is 5.28. The summed E-state index contributed by atoms with van der Waals surface area (Å²) in [6.07, 6.45) is 5.96. The first kappa shape index (κ1) is 9.00. The minimum absolute atomic E-state index is 0.165. The van der Waals surface area contributed by atoms with E-state index in [9.17, 15) is 4.79 Å². The highest BCUT2D eigenvalue weighted by molar-refractivity contribution is 5.73. The van der Waals surface area contributed by atoms with Crippen LogP contribution < -0.4 is 5.73 Å². The average Bonchev–Trinajstić information content (AvgIpc) is 2.88. The number of carbonyl (C=O) groups is 1. The van der Waals surface area contributed by atoms with Crippen molar-refractivity contribution >= 4 is 5.91 Å². The fourth-order valence-corrected chi connectivity index (χ4v) is 1.75. The molecule has 0 aromatic heterocycles. The zero-order valence-corrected chi connectivity index (χ0v) is 8.04. The van der Waals surface area contributed by atoms with E-state index < -0.39 is 0 Å². The van der Waals surface area contributed by atoms with Crippen LogP contribution in [0.15, 0.2) is 0 Å². The number of amides is 1. The van der Waals surface area contributed by atoms with Gasteiger partial charge in [-0.05, 0) is 31.6 Å². The van der Waals surface area contributed by atoms with Crippen molar-refractivity contribution in [2.75, 3.05) is 13.1 Å². The van der Waals surface area contributed by atoms with Gasteiger partial charge in [-0.25, -0.2) is 0 Å². The molecule has 0 radical (unpaired) electrons. The number of rotatable bonds is 6. The first-order chi connectivity index (χ1) is 6.25. The molecular weight excluding hydrogens is 164 g/mol. The summed E-state index contributed by atoms with van der Waals surface area (Å²) < 4.78 is 0. The number of hydrogen-bond donors (Lipinski definition) is 1. The summed E-state index contributed by atoms with van der Waals surface area (Å²) >= 11 is 0. The Bertz CT molecular complexity index is 197. The molecule has 2 aliphatic carbocycles. The fraction of sp³-hybridized carbons (Fsp3) is 0.900. The maximum absolute atomic E-state index is 10.6. The molecule has 0 aromatic rings. The zero-order chi connectivity index (χ0) is 9.26. The molecule has 0 atom stereocenters. The highest BCUT2D eigenvalue weighted by atomic mass is 16.1. The van der Waals surface area contributed by atoms with Crippen molar-refractivity contribution in [2.45, 2.75) is 38.1 Å². The molecule has 3 nitrogen and oxygen atoms in total. The summed E-state index contributed by atoms with van der Waals surface area (Å²) in [6, 6.07) is 0.778.